The van der Waals surface area contributed by atoms with E-state index in [0.717, 1.165) is 24.2 Å². The first-order valence-electron chi connectivity index (χ1n) is 9.16. The van der Waals surface area contributed by atoms with Crippen molar-refractivity contribution in [1.29, 1.82) is 0 Å². The van der Waals surface area contributed by atoms with Gasteiger partial charge in [-0.1, -0.05) is 23.4 Å². The Morgan fingerprint density at radius 1 is 1.28 bits per heavy atom. The van der Waals surface area contributed by atoms with Crippen LogP contribution in [0.2, 0.25) is 0 Å². The van der Waals surface area contributed by atoms with E-state index in [-0.39, 0.29) is 5.91 Å². The smallest absolute Gasteiger partial charge is 0.273 e. The predicted octanol–water partition coefficient (Wildman–Crippen LogP) is 2.36. The molecule has 1 atom stereocenters. The number of likely N-dealkylation sites (N-methyl/N-ethyl adjacent to an activating group) is 1. The van der Waals surface area contributed by atoms with Crippen molar-refractivity contribution in [2.24, 2.45) is 0 Å². The highest BCUT2D eigenvalue weighted by Crippen LogP contribution is 2.41. The van der Waals surface area contributed by atoms with Gasteiger partial charge in [-0.15, -0.1) is 5.10 Å². The Labute approximate surface area is 148 Å². The maximum atomic E-state index is 12.7. The molecule has 0 bridgehead atoms. The van der Waals surface area contributed by atoms with E-state index in [1.165, 1.54) is 12.8 Å². The summed E-state index contributed by atoms with van der Waals surface area (Å²) in [5, 5.41) is 11.5. The van der Waals surface area contributed by atoms with E-state index in [1.54, 1.807) is 0 Å². The first kappa shape index (κ1) is 16.3. The van der Waals surface area contributed by atoms with Crippen molar-refractivity contribution in [3.63, 3.8) is 0 Å². The molecule has 2 aliphatic carbocycles. The lowest BCUT2D eigenvalue weighted by molar-refractivity contribution is 0.0933. The number of hydrogen-bond acceptors (Lipinski definition) is 4. The summed E-state index contributed by atoms with van der Waals surface area (Å²) in [6, 6.07) is 10.9. The first-order chi connectivity index (χ1) is 12.1. The quantitative estimate of drug-likeness (QED) is 0.841. The van der Waals surface area contributed by atoms with Crippen LogP contribution >= 0.6 is 0 Å². The SMILES string of the molecule is C[C@@H](CNC(=O)c1nnn(-c2ccccc2)c1C1CC1)N(C)C1CC1. The molecule has 25 heavy (non-hydrogen) atoms. The molecule has 6 nitrogen and oxygen atoms in total. The summed E-state index contributed by atoms with van der Waals surface area (Å²) in [7, 11) is 2.13. The van der Waals surface area contributed by atoms with Crippen LogP contribution in [0.5, 0.6) is 0 Å². The van der Waals surface area contributed by atoms with E-state index in [9.17, 15) is 4.79 Å². The fourth-order valence-corrected chi connectivity index (χ4v) is 3.24. The van der Waals surface area contributed by atoms with Gasteiger partial charge in [-0.2, -0.15) is 0 Å². The number of hydrogen-bond donors (Lipinski definition) is 1. The van der Waals surface area contributed by atoms with Gasteiger partial charge in [0.15, 0.2) is 5.69 Å². The van der Waals surface area contributed by atoms with Crippen molar-refractivity contribution in [1.82, 2.24) is 25.2 Å². The largest absolute Gasteiger partial charge is 0.349 e. The summed E-state index contributed by atoms with van der Waals surface area (Å²) in [5.74, 6) is 0.280. The highest BCUT2D eigenvalue weighted by Gasteiger charge is 2.34. The molecule has 2 fully saturated rings. The van der Waals surface area contributed by atoms with Gasteiger partial charge >= 0.3 is 0 Å². The molecule has 2 aliphatic rings. The maximum absolute atomic E-state index is 12.7. The molecule has 1 N–H and O–H groups in total. The molecular formula is C19H25N5O. The molecule has 6 heteroatoms. The van der Waals surface area contributed by atoms with Gasteiger partial charge in [0, 0.05) is 24.5 Å². The summed E-state index contributed by atoms with van der Waals surface area (Å²) < 4.78 is 1.83. The number of rotatable bonds is 7. The second-order valence-corrected chi connectivity index (χ2v) is 7.30. The number of nitrogens with zero attached hydrogens (tertiary/aromatic N) is 4. The topological polar surface area (TPSA) is 63.1 Å². The third-order valence-electron chi connectivity index (χ3n) is 5.26. The molecule has 1 heterocycles. The van der Waals surface area contributed by atoms with Gasteiger partial charge in [0.1, 0.15) is 0 Å². The van der Waals surface area contributed by atoms with Crippen LogP contribution in [-0.2, 0) is 0 Å². The zero-order valence-corrected chi connectivity index (χ0v) is 14.9. The molecule has 0 radical (unpaired) electrons. The highest BCUT2D eigenvalue weighted by molar-refractivity contribution is 5.93. The number of amides is 1. The first-order valence-corrected chi connectivity index (χ1v) is 9.16. The standard InChI is InChI=1S/C19H25N5O/c1-13(23(2)15-10-11-15)12-20-19(25)17-18(14-8-9-14)24(22-21-17)16-6-4-3-5-7-16/h3-7,13-15H,8-12H2,1-2H3,(H,20,25)/t13-/m0/s1. The van der Waals surface area contributed by atoms with Gasteiger partial charge in [-0.25, -0.2) is 4.68 Å². The van der Waals surface area contributed by atoms with Crippen LogP contribution in [0, 0.1) is 0 Å². The van der Waals surface area contributed by atoms with E-state index < -0.39 is 0 Å². The number of carbonyl (C=O) groups is 1. The average molecular weight is 339 g/mol. The summed E-state index contributed by atoms with van der Waals surface area (Å²) in [6.07, 6.45) is 4.74. The Hall–Kier alpha value is -2.21. The van der Waals surface area contributed by atoms with E-state index in [2.05, 4.69) is 34.5 Å². The van der Waals surface area contributed by atoms with Gasteiger partial charge in [-0.05, 0) is 51.8 Å². The number of benzene rings is 1. The number of aromatic nitrogens is 3. The van der Waals surface area contributed by atoms with Gasteiger partial charge in [0.2, 0.25) is 0 Å². The Bertz CT molecular complexity index is 748. The molecule has 0 unspecified atom stereocenters. The summed E-state index contributed by atoms with van der Waals surface area (Å²) in [4.78, 5) is 15.1. The van der Waals surface area contributed by atoms with Gasteiger partial charge in [0.25, 0.3) is 5.91 Å². The fourth-order valence-electron chi connectivity index (χ4n) is 3.24. The molecule has 2 aromatic rings. The zero-order chi connectivity index (χ0) is 17.4. The predicted molar refractivity (Wildman–Crippen MR) is 95.9 cm³/mol. The van der Waals surface area contributed by atoms with E-state index >= 15 is 0 Å². The second-order valence-electron chi connectivity index (χ2n) is 7.30. The molecule has 0 aliphatic heterocycles. The number of para-hydroxylation sites is 1. The van der Waals surface area contributed by atoms with Gasteiger partial charge in [0.05, 0.1) is 11.4 Å². The maximum Gasteiger partial charge on any atom is 0.273 e. The van der Waals surface area contributed by atoms with Crippen molar-refractivity contribution in [3.05, 3.63) is 41.7 Å². The number of nitrogens with one attached hydrogen (secondary N) is 1. The number of carbonyl (C=O) groups excluding carboxylic acids is 1. The van der Waals surface area contributed by atoms with Crippen LogP contribution in [0.4, 0.5) is 0 Å². The van der Waals surface area contributed by atoms with Crippen molar-refractivity contribution >= 4 is 5.91 Å². The van der Waals surface area contributed by atoms with Crippen LogP contribution in [0.3, 0.4) is 0 Å². The lowest BCUT2D eigenvalue weighted by Crippen LogP contribution is -2.41. The Morgan fingerprint density at radius 3 is 2.64 bits per heavy atom. The van der Waals surface area contributed by atoms with Crippen molar-refractivity contribution < 1.29 is 4.79 Å². The molecular weight excluding hydrogens is 314 g/mol. The van der Waals surface area contributed by atoms with Gasteiger partial charge in [-0.3, -0.25) is 9.69 Å². The third-order valence-corrected chi connectivity index (χ3v) is 5.26. The van der Waals surface area contributed by atoms with E-state index in [0.29, 0.717) is 30.2 Å². The zero-order valence-electron chi connectivity index (χ0n) is 14.9. The minimum Gasteiger partial charge on any atom is -0.349 e. The monoisotopic (exact) mass is 339 g/mol. The fraction of sp³-hybridized carbons (Fsp3) is 0.526. The van der Waals surface area contributed by atoms with Crippen LogP contribution in [0.15, 0.2) is 30.3 Å². The summed E-state index contributed by atoms with van der Waals surface area (Å²) in [5.41, 5.74) is 2.39. The van der Waals surface area contributed by atoms with Crippen LogP contribution in [0.1, 0.15) is 54.7 Å². The Balaban J connectivity index is 1.50. The second kappa shape index (κ2) is 6.59. The highest BCUT2D eigenvalue weighted by atomic mass is 16.2. The molecule has 0 saturated heterocycles. The minimum absolute atomic E-state index is 0.111. The van der Waals surface area contributed by atoms with Crippen molar-refractivity contribution in [3.8, 4) is 5.69 Å². The van der Waals surface area contributed by atoms with Gasteiger partial charge < -0.3 is 5.32 Å². The Morgan fingerprint density at radius 2 is 2.00 bits per heavy atom. The third kappa shape index (κ3) is 3.44. The van der Waals surface area contributed by atoms with Crippen LogP contribution < -0.4 is 5.32 Å². The normalized spacial score (nSPS) is 18.4. The molecule has 132 valence electrons. The molecule has 0 spiro atoms. The average Bonchev–Trinajstić information content (AvgIpc) is 3.57. The lowest BCUT2D eigenvalue weighted by Gasteiger charge is -2.24. The molecule has 1 amide bonds. The summed E-state index contributed by atoms with van der Waals surface area (Å²) in [6.45, 7) is 2.79. The van der Waals surface area contributed by atoms with E-state index in [4.69, 9.17) is 0 Å². The minimum atomic E-state index is -0.111. The van der Waals surface area contributed by atoms with E-state index in [1.807, 2.05) is 35.0 Å². The van der Waals surface area contributed by atoms with Crippen LogP contribution in [-0.4, -0.2) is 51.5 Å². The van der Waals surface area contributed by atoms with Crippen molar-refractivity contribution in [2.75, 3.05) is 13.6 Å². The molecule has 4 rings (SSSR count). The molecule has 1 aromatic carbocycles. The Kier molecular flexibility index (Phi) is 4.29. The van der Waals surface area contributed by atoms with Crippen LogP contribution in [0.25, 0.3) is 5.69 Å². The van der Waals surface area contributed by atoms with Crippen molar-refractivity contribution in [2.45, 2.75) is 50.6 Å². The summed E-state index contributed by atoms with van der Waals surface area (Å²) >= 11 is 0. The molecule has 2 saturated carbocycles. The molecule has 1 aromatic heterocycles. The lowest BCUT2D eigenvalue weighted by atomic mass is 10.2.